The lowest BCUT2D eigenvalue weighted by Gasteiger charge is -2.24. The highest BCUT2D eigenvalue weighted by atomic mass is 16.2. The third kappa shape index (κ3) is 4.68. The Labute approximate surface area is 137 Å². The lowest BCUT2D eigenvalue weighted by molar-refractivity contribution is -0.129. The number of aromatic nitrogens is 1. The zero-order chi connectivity index (χ0) is 16.8. The SMILES string of the molecule is CCN(CCc1ccncc1)C(=O)NC1CC(=O)N(C(C)C)C1. The molecule has 0 radical (unpaired) electrons. The molecule has 1 saturated heterocycles. The van der Waals surface area contributed by atoms with Crippen LogP contribution in [0.3, 0.4) is 0 Å². The van der Waals surface area contributed by atoms with Gasteiger partial charge in [-0.2, -0.15) is 0 Å². The Morgan fingerprint density at radius 3 is 2.70 bits per heavy atom. The second kappa shape index (κ2) is 7.94. The number of nitrogens with zero attached hydrogens (tertiary/aromatic N) is 3. The Kier molecular flexibility index (Phi) is 5.96. The number of hydrogen-bond donors (Lipinski definition) is 1. The molecule has 2 rings (SSSR count). The fourth-order valence-electron chi connectivity index (χ4n) is 2.81. The molecular weight excluding hydrogens is 292 g/mol. The van der Waals surface area contributed by atoms with E-state index in [-0.39, 0.29) is 24.0 Å². The number of hydrogen-bond acceptors (Lipinski definition) is 3. The Morgan fingerprint density at radius 1 is 1.43 bits per heavy atom. The van der Waals surface area contributed by atoms with Crippen LogP contribution in [-0.2, 0) is 11.2 Å². The zero-order valence-electron chi connectivity index (χ0n) is 14.2. The molecule has 3 amide bonds. The van der Waals surface area contributed by atoms with E-state index in [1.807, 2.05) is 37.8 Å². The van der Waals surface area contributed by atoms with Crippen molar-refractivity contribution < 1.29 is 9.59 Å². The maximum Gasteiger partial charge on any atom is 0.317 e. The fraction of sp³-hybridized carbons (Fsp3) is 0.588. The molecule has 6 heteroatoms. The van der Waals surface area contributed by atoms with E-state index in [2.05, 4.69) is 10.3 Å². The van der Waals surface area contributed by atoms with Crippen molar-refractivity contribution in [3.63, 3.8) is 0 Å². The number of urea groups is 1. The molecule has 0 saturated carbocycles. The molecule has 0 aliphatic carbocycles. The summed E-state index contributed by atoms with van der Waals surface area (Å²) in [6.45, 7) is 7.85. The molecular formula is C17H26N4O2. The zero-order valence-corrected chi connectivity index (χ0v) is 14.2. The van der Waals surface area contributed by atoms with Gasteiger partial charge in [0.15, 0.2) is 0 Å². The van der Waals surface area contributed by atoms with Crippen LogP contribution in [0.15, 0.2) is 24.5 Å². The van der Waals surface area contributed by atoms with Gasteiger partial charge >= 0.3 is 6.03 Å². The monoisotopic (exact) mass is 318 g/mol. The molecule has 1 aliphatic heterocycles. The van der Waals surface area contributed by atoms with Crippen molar-refractivity contribution in [1.82, 2.24) is 20.1 Å². The predicted octanol–water partition coefficient (Wildman–Crippen LogP) is 1.66. The minimum absolute atomic E-state index is 0.0904. The molecule has 126 valence electrons. The molecule has 1 unspecified atom stereocenters. The first kappa shape index (κ1) is 17.2. The van der Waals surface area contributed by atoms with E-state index < -0.39 is 0 Å². The van der Waals surface area contributed by atoms with Gasteiger partial charge in [0.2, 0.25) is 5.91 Å². The number of carbonyl (C=O) groups is 2. The maximum absolute atomic E-state index is 12.4. The summed E-state index contributed by atoms with van der Waals surface area (Å²) >= 11 is 0. The molecule has 1 N–H and O–H groups in total. The van der Waals surface area contributed by atoms with Gasteiger partial charge in [0, 0.05) is 44.5 Å². The third-order valence-corrected chi connectivity index (χ3v) is 4.20. The summed E-state index contributed by atoms with van der Waals surface area (Å²) in [5.41, 5.74) is 1.16. The maximum atomic E-state index is 12.4. The first-order valence-corrected chi connectivity index (χ1v) is 8.25. The van der Waals surface area contributed by atoms with E-state index in [0.717, 1.165) is 12.0 Å². The highest BCUT2D eigenvalue weighted by molar-refractivity contribution is 5.81. The number of pyridine rings is 1. The summed E-state index contributed by atoms with van der Waals surface area (Å²) in [7, 11) is 0. The van der Waals surface area contributed by atoms with E-state index in [9.17, 15) is 9.59 Å². The number of nitrogens with one attached hydrogen (secondary N) is 1. The fourth-order valence-corrected chi connectivity index (χ4v) is 2.81. The Morgan fingerprint density at radius 2 is 2.13 bits per heavy atom. The Balaban J connectivity index is 1.84. The van der Waals surface area contributed by atoms with Crippen molar-refractivity contribution in [2.45, 2.75) is 45.7 Å². The van der Waals surface area contributed by atoms with Crippen molar-refractivity contribution in [1.29, 1.82) is 0 Å². The Hall–Kier alpha value is -2.11. The quantitative estimate of drug-likeness (QED) is 0.867. The van der Waals surface area contributed by atoms with Crippen LogP contribution in [0.5, 0.6) is 0 Å². The second-order valence-electron chi connectivity index (χ2n) is 6.18. The lowest BCUT2D eigenvalue weighted by Crippen LogP contribution is -2.46. The average molecular weight is 318 g/mol. The predicted molar refractivity (Wildman–Crippen MR) is 89.0 cm³/mol. The van der Waals surface area contributed by atoms with E-state index in [0.29, 0.717) is 26.1 Å². The van der Waals surface area contributed by atoms with Crippen molar-refractivity contribution in [3.05, 3.63) is 30.1 Å². The average Bonchev–Trinajstić information content (AvgIpc) is 2.89. The molecule has 0 spiro atoms. The van der Waals surface area contributed by atoms with E-state index in [1.54, 1.807) is 17.3 Å². The smallest absolute Gasteiger partial charge is 0.317 e. The molecule has 1 atom stereocenters. The second-order valence-corrected chi connectivity index (χ2v) is 6.18. The summed E-state index contributed by atoms with van der Waals surface area (Å²) in [6.07, 6.45) is 4.71. The summed E-state index contributed by atoms with van der Waals surface area (Å²) < 4.78 is 0. The summed E-state index contributed by atoms with van der Waals surface area (Å²) in [4.78, 5) is 31.9. The van der Waals surface area contributed by atoms with Gasteiger partial charge in [-0.25, -0.2) is 4.79 Å². The molecule has 23 heavy (non-hydrogen) atoms. The number of likely N-dealkylation sites (N-methyl/N-ethyl adjacent to an activating group) is 1. The van der Waals surface area contributed by atoms with Crippen LogP contribution in [-0.4, -0.2) is 58.4 Å². The van der Waals surface area contributed by atoms with Crippen LogP contribution in [0.1, 0.15) is 32.8 Å². The number of rotatable bonds is 6. The van der Waals surface area contributed by atoms with Crippen LogP contribution in [0, 0.1) is 0 Å². The summed E-state index contributed by atoms with van der Waals surface area (Å²) in [5.74, 6) is 0.116. The van der Waals surface area contributed by atoms with Crippen molar-refractivity contribution in [2.75, 3.05) is 19.6 Å². The first-order valence-electron chi connectivity index (χ1n) is 8.25. The van der Waals surface area contributed by atoms with E-state index >= 15 is 0 Å². The molecule has 1 aliphatic rings. The van der Waals surface area contributed by atoms with Crippen molar-refractivity contribution >= 4 is 11.9 Å². The van der Waals surface area contributed by atoms with Crippen LogP contribution in [0.25, 0.3) is 0 Å². The standard InChI is InChI=1S/C17H26N4O2/c1-4-20(10-7-14-5-8-18-9-6-14)17(23)19-15-11-16(22)21(12-15)13(2)3/h5-6,8-9,13,15H,4,7,10-12H2,1-3H3,(H,19,23). The van der Waals surface area contributed by atoms with Crippen molar-refractivity contribution in [3.8, 4) is 0 Å². The number of carbonyl (C=O) groups excluding carboxylic acids is 2. The Bertz CT molecular complexity index is 533. The summed E-state index contributed by atoms with van der Waals surface area (Å²) in [5, 5.41) is 2.99. The van der Waals surface area contributed by atoms with Crippen LogP contribution in [0.4, 0.5) is 4.79 Å². The highest BCUT2D eigenvalue weighted by Gasteiger charge is 2.32. The summed E-state index contributed by atoms with van der Waals surface area (Å²) in [6, 6.07) is 3.92. The lowest BCUT2D eigenvalue weighted by atomic mass is 10.2. The van der Waals surface area contributed by atoms with Gasteiger partial charge in [-0.15, -0.1) is 0 Å². The molecule has 2 heterocycles. The minimum Gasteiger partial charge on any atom is -0.338 e. The van der Waals surface area contributed by atoms with Crippen LogP contribution >= 0.6 is 0 Å². The molecule has 6 nitrogen and oxygen atoms in total. The van der Waals surface area contributed by atoms with Gasteiger partial charge in [0.1, 0.15) is 0 Å². The topological polar surface area (TPSA) is 65.5 Å². The number of amides is 3. The molecule has 1 fully saturated rings. The largest absolute Gasteiger partial charge is 0.338 e. The molecule has 1 aromatic heterocycles. The molecule has 0 aromatic carbocycles. The van der Waals surface area contributed by atoms with Crippen LogP contribution in [0.2, 0.25) is 0 Å². The highest BCUT2D eigenvalue weighted by Crippen LogP contribution is 2.14. The van der Waals surface area contributed by atoms with Gasteiger partial charge in [-0.05, 0) is 44.9 Å². The normalized spacial score (nSPS) is 17.7. The number of likely N-dealkylation sites (tertiary alicyclic amines) is 1. The molecule has 0 bridgehead atoms. The van der Waals surface area contributed by atoms with Crippen LogP contribution < -0.4 is 5.32 Å². The van der Waals surface area contributed by atoms with E-state index in [1.165, 1.54) is 0 Å². The molecule has 1 aromatic rings. The van der Waals surface area contributed by atoms with Gasteiger partial charge in [0.05, 0.1) is 6.04 Å². The third-order valence-electron chi connectivity index (χ3n) is 4.20. The van der Waals surface area contributed by atoms with E-state index in [4.69, 9.17) is 0 Å². The first-order chi connectivity index (χ1) is 11.0. The van der Waals surface area contributed by atoms with Gasteiger partial charge in [0.25, 0.3) is 0 Å². The van der Waals surface area contributed by atoms with Crippen molar-refractivity contribution in [2.24, 2.45) is 0 Å². The van der Waals surface area contributed by atoms with Gasteiger partial charge < -0.3 is 15.1 Å². The van der Waals surface area contributed by atoms with Gasteiger partial charge in [-0.1, -0.05) is 0 Å². The minimum atomic E-state index is -0.0926. The van der Waals surface area contributed by atoms with Gasteiger partial charge in [-0.3, -0.25) is 9.78 Å².